The molecule has 0 aromatic rings. The maximum absolute atomic E-state index is 13.0. The van der Waals surface area contributed by atoms with E-state index < -0.39 is 5.67 Å². The predicted molar refractivity (Wildman–Crippen MR) is 34.0 cm³/mol. The molecule has 0 radical (unpaired) electrons. The third kappa shape index (κ3) is 1.65. The van der Waals surface area contributed by atoms with Gasteiger partial charge in [0.2, 0.25) is 0 Å². The number of aliphatic hydroxyl groups is 1. The summed E-state index contributed by atoms with van der Waals surface area (Å²) in [5.41, 5.74) is -0.886. The Hall–Kier alpha value is -0.110. The summed E-state index contributed by atoms with van der Waals surface area (Å²) >= 11 is 0. The monoisotopic (exact) mass is 132 g/mol. The molecule has 0 atom stereocenters. The van der Waals surface area contributed by atoms with Crippen LogP contribution < -0.4 is 0 Å². The summed E-state index contributed by atoms with van der Waals surface area (Å²) < 4.78 is 13.0. The van der Waals surface area contributed by atoms with Gasteiger partial charge in [-0.25, -0.2) is 4.39 Å². The summed E-state index contributed by atoms with van der Waals surface area (Å²) in [6.07, 6.45) is 3.64. The van der Waals surface area contributed by atoms with E-state index in [4.69, 9.17) is 5.11 Å². The zero-order chi connectivity index (χ0) is 6.74. The molecule has 1 aliphatic rings. The number of hydrogen-bond acceptors (Lipinski definition) is 1. The Morgan fingerprint density at radius 2 is 2.11 bits per heavy atom. The van der Waals surface area contributed by atoms with Crippen LogP contribution >= 0.6 is 0 Å². The van der Waals surface area contributed by atoms with Crippen LogP contribution in [0.15, 0.2) is 0 Å². The molecule has 1 rings (SSSR count). The molecular weight excluding hydrogens is 119 g/mol. The molecule has 0 spiro atoms. The first-order valence-electron chi connectivity index (χ1n) is 3.57. The molecular formula is C7H13FO. The first-order valence-corrected chi connectivity index (χ1v) is 3.57. The highest BCUT2D eigenvalue weighted by atomic mass is 19.1. The largest absolute Gasteiger partial charge is 0.396 e. The molecule has 0 aromatic carbocycles. The molecule has 9 heavy (non-hydrogen) atoms. The lowest BCUT2D eigenvalue weighted by atomic mass is 9.79. The molecule has 0 heterocycles. The second kappa shape index (κ2) is 2.65. The molecule has 0 aliphatic heterocycles. The zero-order valence-corrected chi connectivity index (χ0v) is 5.57. The smallest absolute Gasteiger partial charge is 0.111 e. The van der Waals surface area contributed by atoms with E-state index in [0.717, 1.165) is 6.42 Å². The zero-order valence-electron chi connectivity index (χ0n) is 5.57. The van der Waals surface area contributed by atoms with Crippen molar-refractivity contribution in [2.45, 2.75) is 37.8 Å². The van der Waals surface area contributed by atoms with Gasteiger partial charge in [-0.15, -0.1) is 0 Å². The number of aliphatic hydroxyl groups excluding tert-OH is 1. The molecule has 0 unspecified atom stereocenters. The van der Waals surface area contributed by atoms with E-state index in [0.29, 0.717) is 25.7 Å². The SMILES string of the molecule is OCCCC1(F)CCC1. The quantitative estimate of drug-likeness (QED) is 0.619. The molecule has 1 fully saturated rings. The van der Waals surface area contributed by atoms with Crippen LogP contribution in [-0.4, -0.2) is 17.4 Å². The standard InChI is InChI=1S/C7H13FO/c8-7(3-1-4-7)5-2-6-9/h9H,1-6H2. The first kappa shape index (κ1) is 7.00. The summed E-state index contributed by atoms with van der Waals surface area (Å²) in [6.45, 7) is 0.131. The van der Waals surface area contributed by atoms with Crippen LogP contribution in [0.5, 0.6) is 0 Å². The molecule has 1 aliphatic carbocycles. The molecule has 54 valence electrons. The Kier molecular flexibility index (Phi) is 2.06. The second-order valence-corrected chi connectivity index (χ2v) is 2.83. The highest BCUT2D eigenvalue weighted by molar-refractivity contribution is 4.87. The van der Waals surface area contributed by atoms with Crippen molar-refractivity contribution in [3.05, 3.63) is 0 Å². The lowest BCUT2D eigenvalue weighted by molar-refractivity contribution is 0.0462. The minimum absolute atomic E-state index is 0.131. The number of rotatable bonds is 3. The van der Waals surface area contributed by atoms with Crippen molar-refractivity contribution >= 4 is 0 Å². The van der Waals surface area contributed by atoms with Gasteiger partial charge < -0.3 is 5.11 Å². The van der Waals surface area contributed by atoms with E-state index >= 15 is 0 Å². The van der Waals surface area contributed by atoms with Crippen LogP contribution in [0.2, 0.25) is 0 Å². The van der Waals surface area contributed by atoms with Crippen LogP contribution in [0, 0.1) is 0 Å². The molecule has 0 bridgehead atoms. The lowest BCUT2D eigenvalue weighted by Gasteiger charge is -2.33. The van der Waals surface area contributed by atoms with E-state index in [1.54, 1.807) is 0 Å². The van der Waals surface area contributed by atoms with E-state index in [2.05, 4.69) is 0 Å². The molecule has 2 heteroatoms. The van der Waals surface area contributed by atoms with Crippen LogP contribution in [0.25, 0.3) is 0 Å². The fraction of sp³-hybridized carbons (Fsp3) is 1.00. The first-order chi connectivity index (χ1) is 4.27. The van der Waals surface area contributed by atoms with Gasteiger partial charge in [0.15, 0.2) is 0 Å². The Balaban J connectivity index is 2.09. The van der Waals surface area contributed by atoms with Gasteiger partial charge in [0, 0.05) is 6.61 Å². The highest BCUT2D eigenvalue weighted by Gasteiger charge is 2.35. The normalized spacial score (nSPS) is 23.3. The molecule has 1 N–H and O–H groups in total. The van der Waals surface area contributed by atoms with Crippen molar-refractivity contribution in [2.75, 3.05) is 6.61 Å². The maximum atomic E-state index is 13.0. The van der Waals surface area contributed by atoms with Gasteiger partial charge in [-0.2, -0.15) is 0 Å². The van der Waals surface area contributed by atoms with Crippen molar-refractivity contribution < 1.29 is 9.50 Å². The fourth-order valence-electron chi connectivity index (χ4n) is 1.21. The summed E-state index contributed by atoms with van der Waals surface area (Å²) in [7, 11) is 0. The van der Waals surface area contributed by atoms with Crippen LogP contribution in [0.1, 0.15) is 32.1 Å². The topological polar surface area (TPSA) is 20.2 Å². The number of alkyl halides is 1. The second-order valence-electron chi connectivity index (χ2n) is 2.83. The van der Waals surface area contributed by atoms with Crippen molar-refractivity contribution in [1.29, 1.82) is 0 Å². The summed E-state index contributed by atoms with van der Waals surface area (Å²) in [4.78, 5) is 0. The van der Waals surface area contributed by atoms with Crippen molar-refractivity contribution in [1.82, 2.24) is 0 Å². The van der Waals surface area contributed by atoms with Crippen LogP contribution in [0.3, 0.4) is 0 Å². The average molecular weight is 132 g/mol. The highest BCUT2D eigenvalue weighted by Crippen LogP contribution is 2.39. The molecule has 1 saturated carbocycles. The van der Waals surface area contributed by atoms with E-state index in [-0.39, 0.29) is 6.61 Å². The van der Waals surface area contributed by atoms with Crippen LogP contribution in [0.4, 0.5) is 4.39 Å². The minimum atomic E-state index is -0.886. The van der Waals surface area contributed by atoms with Crippen LogP contribution in [-0.2, 0) is 0 Å². The van der Waals surface area contributed by atoms with Crippen molar-refractivity contribution in [3.63, 3.8) is 0 Å². The van der Waals surface area contributed by atoms with Crippen molar-refractivity contribution in [2.24, 2.45) is 0 Å². The molecule has 0 amide bonds. The minimum Gasteiger partial charge on any atom is -0.396 e. The Bertz CT molecular complexity index is 88.9. The van der Waals surface area contributed by atoms with E-state index in [1.807, 2.05) is 0 Å². The van der Waals surface area contributed by atoms with E-state index in [9.17, 15) is 4.39 Å². The third-order valence-electron chi connectivity index (χ3n) is 2.03. The lowest BCUT2D eigenvalue weighted by Crippen LogP contribution is -2.31. The third-order valence-corrected chi connectivity index (χ3v) is 2.03. The number of hydrogen-bond donors (Lipinski definition) is 1. The van der Waals surface area contributed by atoms with Gasteiger partial charge in [-0.1, -0.05) is 0 Å². The van der Waals surface area contributed by atoms with Gasteiger partial charge in [0.25, 0.3) is 0 Å². The Labute approximate surface area is 54.9 Å². The van der Waals surface area contributed by atoms with E-state index in [1.165, 1.54) is 0 Å². The van der Waals surface area contributed by atoms with Gasteiger partial charge in [0.05, 0.1) is 0 Å². The summed E-state index contributed by atoms with van der Waals surface area (Å²) in [5, 5.41) is 8.38. The van der Waals surface area contributed by atoms with Gasteiger partial charge >= 0.3 is 0 Å². The number of halogens is 1. The molecule has 0 aromatic heterocycles. The fourth-order valence-corrected chi connectivity index (χ4v) is 1.21. The molecule has 1 nitrogen and oxygen atoms in total. The van der Waals surface area contributed by atoms with Gasteiger partial charge in [-0.3, -0.25) is 0 Å². The van der Waals surface area contributed by atoms with Gasteiger partial charge in [0.1, 0.15) is 5.67 Å². The van der Waals surface area contributed by atoms with Gasteiger partial charge in [-0.05, 0) is 32.1 Å². The van der Waals surface area contributed by atoms with Crippen molar-refractivity contribution in [3.8, 4) is 0 Å². The Morgan fingerprint density at radius 3 is 2.44 bits per heavy atom. The molecule has 0 saturated heterocycles. The Morgan fingerprint density at radius 1 is 1.44 bits per heavy atom. The summed E-state index contributed by atoms with van der Waals surface area (Å²) in [6, 6.07) is 0. The maximum Gasteiger partial charge on any atom is 0.111 e. The predicted octanol–water partition coefficient (Wildman–Crippen LogP) is 1.65. The summed E-state index contributed by atoms with van der Waals surface area (Å²) in [5.74, 6) is 0. The average Bonchev–Trinajstić information content (AvgIpc) is 1.79.